The minimum absolute atomic E-state index is 0.170. The van der Waals surface area contributed by atoms with Gasteiger partial charge in [0.2, 0.25) is 5.91 Å². The Labute approximate surface area is 84.3 Å². The van der Waals surface area contributed by atoms with Crippen molar-refractivity contribution in [1.29, 1.82) is 0 Å². The molecule has 1 aliphatic carbocycles. The molecule has 0 aromatic heterocycles. The summed E-state index contributed by atoms with van der Waals surface area (Å²) < 4.78 is 0. The average Bonchev–Trinajstić information content (AvgIpc) is 2.06. The predicted octanol–water partition coefficient (Wildman–Crippen LogP) is 2.09. The lowest BCUT2D eigenvalue weighted by Crippen LogP contribution is -2.27. The third-order valence-corrected chi connectivity index (χ3v) is 2.55. The highest BCUT2D eigenvalue weighted by molar-refractivity contribution is 6.18. The van der Waals surface area contributed by atoms with E-state index in [0.29, 0.717) is 24.8 Å². The number of amides is 1. The van der Waals surface area contributed by atoms with Crippen LogP contribution in [0.5, 0.6) is 0 Å². The van der Waals surface area contributed by atoms with Crippen LogP contribution in [0.1, 0.15) is 25.7 Å². The number of carbonyl (C=O) groups is 1. The SMILES string of the molecule is O=C(CC1CCC1)NC/C=C/CCl. The third kappa shape index (κ3) is 4.32. The Morgan fingerprint density at radius 3 is 2.77 bits per heavy atom. The zero-order valence-corrected chi connectivity index (χ0v) is 8.52. The zero-order chi connectivity index (χ0) is 9.52. The number of halogens is 1. The Hall–Kier alpha value is -0.500. The lowest BCUT2D eigenvalue weighted by atomic mass is 9.83. The van der Waals surface area contributed by atoms with E-state index in [9.17, 15) is 4.79 Å². The summed E-state index contributed by atoms with van der Waals surface area (Å²) in [5.41, 5.74) is 0. The number of carbonyl (C=O) groups excluding carboxylic acids is 1. The molecule has 0 aromatic carbocycles. The number of hydrogen-bond donors (Lipinski definition) is 1. The van der Waals surface area contributed by atoms with Crippen molar-refractivity contribution in [2.75, 3.05) is 12.4 Å². The maximum Gasteiger partial charge on any atom is 0.220 e. The fourth-order valence-corrected chi connectivity index (χ4v) is 1.48. The third-order valence-electron chi connectivity index (χ3n) is 2.37. The highest BCUT2D eigenvalue weighted by Crippen LogP contribution is 2.28. The van der Waals surface area contributed by atoms with E-state index in [4.69, 9.17) is 11.6 Å². The first-order chi connectivity index (χ1) is 6.33. The summed E-state index contributed by atoms with van der Waals surface area (Å²) in [4.78, 5) is 11.2. The number of allylic oxidation sites excluding steroid dienone is 1. The molecule has 0 radical (unpaired) electrons. The molecule has 0 spiro atoms. The van der Waals surface area contributed by atoms with Gasteiger partial charge in [-0.3, -0.25) is 4.79 Å². The molecule has 0 saturated heterocycles. The highest BCUT2D eigenvalue weighted by Gasteiger charge is 2.19. The number of rotatable bonds is 5. The van der Waals surface area contributed by atoms with Crippen LogP contribution in [0, 0.1) is 5.92 Å². The summed E-state index contributed by atoms with van der Waals surface area (Å²) in [5.74, 6) is 1.33. The van der Waals surface area contributed by atoms with Gasteiger partial charge in [-0.2, -0.15) is 0 Å². The van der Waals surface area contributed by atoms with Gasteiger partial charge in [0.1, 0.15) is 0 Å². The van der Waals surface area contributed by atoms with Gasteiger partial charge in [0, 0.05) is 18.8 Å². The van der Waals surface area contributed by atoms with Crippen LogP contribution in [0.4, 0.5) is 0 Å². The lowest BCUT2D eigenvalue weighted by molar-refractivity contribution is -0.122. The fraction of sp³-hybridized carbons (Fsp3) is 0.700. The fourth-order valence-electron chi connectivity index (χ4n) is 1.35. The molecule has 1 amide bonds. The van der Waals surface area contributed by atoms with E-state index in [0.717, 1.165) is 0 Å². The van der Waals surface area contributed by atoms with E-state index in [-0.39, 0.29) is 5.91 Å². The largest absolute Gasteiger partial charge is 0.353 e. The van der Waals surface area contributed by atoms with Crippen molar-refractivity contribution in [3.63, 3.8) is 0 Å². The topological polar surface area (TPSA) is 29.1 Å². The number of alkyl halides is 1. The van der Waals surface area contributed by atoms with Crippen LogP contribution in [0.25, 0.3) is 0 Å². The highest BCUT2D eigenvalue weighted by atomic mass is 35.5. The number of nitrogens with one attached hydrogen (secondary N) is 1. The summed E-state index contributed by atoms with van der Waals surface area (Å²) in [7, 11) is 0. The summed E-state index contributed by atoms with van der Waals surface area (Å²) >= 11 is 5.43. The molecule has 0 atom stereocenters. The van der Waals surface area contributed by atoms with Crippen molar-refractivity contribution in [2.24, 2.45) is 5.92 Å². The molecule has 1 rings (SSSR count). The molecule has 3 heteroatoms. The van der Waals surface area contributed by atoms with E-state index in [1.165, 1.54) is 19.3 Å². The Kier molecular flexibility index (Phi) is 4.91. The quantitative estimate of drug-likeness (QED) is 0.536. The molecule has 0 aromatic rings. The summed E-state index contributed by atoms with van der Waals surface area (Å²) in [6, 6.07) is 0. The predicted molar refractivity (Wildman–Crippen MR) is 54.8 cm³/mol. The molecule has 1 fully saturated rings. The first-order valence-electron chi connectivity index (χ1n) is 4.80. The summed E-state index contributed by atoms with van der Waals surface area (Å²) in [6.45, 7) is 0.609. The van der Waals surface area contributed by atoms with E-state index < -0.39 is 0 Å². The molecule has 1 N–H and O–H groups in total. The van der Waals surface area contributed by atoms with Crippen LogP contribution < -0.4 is 5.32 Å². The summed E-state index contributed by atoms with van der Waals surface area (Å²) in [5, 5.41) is 2.83. The van der Waals surface area contributed by atoms with Crippen LogP contribution >= 0.6 is 11.6 Å². The van der Waals surface area contributed by atoms with Crippen LogP contribution in [0.3, 0.4) is 0 Å². The molecular formula is C10H16ClNO. The molecule has 1 aliphatic rings. The molecule has 0 heterocycles. The maximum atomic E-state index is 11.2. The Morgan fingerprint density at radius 2 is 2.23 bits per heavy atom. The van der Waals surface area contributed by atoms with Gasteiger partial charge < -0.3 is 5.32 Å². The van der Waals surface area contributed by atoms with Gasteiger partial charge in [0.05, 0.1) is 0 Å². The van der Waals surface area contributed by atoms with E-state index in [1.54, 1.807) is 0 Å². The molecule has 74 valence electrons. The van der Waals surface area contributed by atoms with Crippen LogP contribution in [-0.4, -0.2) is 18.3 Å². The monoisotopic (exact) mass is 201 g/mol. The smallest absolute Gasteiger partial charge is 0.220 e. The standard InChI is InChI=1S/C10H16ClNO/c11-6-1-2-7-12-10(13)8-9-4-3-5-9/h1-2,9H,3-8H2,(H,12,13)/b2-1+. The zero-order valence-electron chi connectivity index (χ0n) is 7.76. The second kappa shape index (κ2) is 6.03. The van der Waals surface area contributed by atoms with Gasteiger partial charge in [-0.1, -0.05) is 18.6 Å². The minimum Gasteiger partial charge on any atom is -0.353 e. The Morgan fingerprint density at radius 1 is 1.46 bits per heavy atom. The second-order valence-electron chi connectivity index (χ2n) is 3.43. The Bertz CT molecular complexity index is 187. The van der Waals surface area contributed by atoms with Crippen molar-refractivity contribution in [3.8, 4) is 0 Å². The summed E-state index contributed by atoms with van der Waals surface area (Å²) in [6.07, 6.45) is 8.17. The van der Waals surface area contributed by atoms with E-state index in [2.05, 4.69) is 5.32 Å². The van der Waals surface area contributed by atoms with Crippen molar-refractivity contribution >= 4 is 17.5 Å². The maximum absolute atomic E-state index is 11.2. The molecule has 0 unspecified atom stereocenters. The van der Waals surface area contributed by atoms with Gasteiger partial charge in [-0.25, -0.2) is 0 Å². The van der Waals surface area contributed by atoms with Gasteiger partial charge in [-0.05, 0) is 18.8 Å². The van der Waals surface area contributed by atoms with Gasteiger partial charge in [0.25, 0.3) is 0 Å². The van der Waals surface area contributed by atoms with Gasteiger partial charge in [-0.15, -0.1) is 11.6 Å². The minimum atomic E-state index is 0.170. The van der Waals surface area contributed by atoms with Gasteiger partial charge >= 0.3 is 0 Å². The van der Waals surface area contributed by atoms with Crippen molar-refractivity contribution in [3.05, 3.63) is 12.2 Å². The molecule has 0 bridgehead atoms. The van der Waals surface area contributed by atoms with Crippen LogP contribution in [0.2, 0.25) is 0 Å². The second-order valence-corrected chi connectivity index (χ2v) is 3.74. The molecule has 13 heavy (non-hydrogen) atoms. The van der Waals surface area contributed by atoms with Gasteiger partial charge in [0.15, 0.2) is 0 Å². The van der Waals surface area contributed by atoms with Crippen molar-refractivity contribution < 1.29 is 4.79 Å². The molecule has 2 nitrogen and oxygen atoms in total. The van der Waals surface area contributed by atoms with Crippen LogP contribution in [0.15, 0.2) is 12.2 Å². The first-order valence-corrected chi connectivity index (χ1v) is 5.34. The lowest BCUT2D eigenvalue weighted by Gasteiger charge is -2.24. The normalized spacial score (nSPS) is 17.3. The first kappa shape index (κ1) is 10.6. The molecule has 0 aliphatic heterocycles. The van der Waals surface area contributed by atoms with E-state index in [1.807, 2.05) is 12.2 Å². The van der Waals surface area contributed by atoms with Crippen LogP contribution in [-0.2, 0) is 4.79 Å². The Balaban J connectivity index is 2.00. The molecule has 1 saturated carbocycles. The molecular weight excluding hydrogens is 186 g/mol. The van der Waals surface area contributed by atoms with Crippen molar-refractivity contribution in [2.45, 2.75) is 25.7 Å². The van der Waals surface area contributed by atoms with Crippen molar-refractivity contribution in [1.82, 2.24) is 5.32 Å². The number of hydrogen-bond acceptors (Lipinski definition) is 1. The van der Waals surface area contributed by atoms with E-state index >= 15 is 0 Å². The average molecular weight is 202 g/mol.